The van der Waals surface area contributed by atoms with E-state index in [-0.39, 0.29) is 40.3 Å². The quantitative estimate of drug-likeness (QED) is 0.549. The van der Waals surface area contributed by atoms with Crippen molar-refractivity contribution >= 4 is 28.5 Å². The van der Waals surface area contributed by atoms with Crippen LogP contribution in [-0.2, 0) is 23.3 Å². The van der Waals surface area contributed by atoms with E-state index in [1.165, 1.54) is 10.8 Å². The van der Waals surface area contributed by atoms with Gasteiger partial charge in [0.1, 0.15) is 36.2 Å². The molecular formula is C24H39N5O5Si2. The molecule has 2 aliphatic heterocycles. The molecule has 4 atom stereocenters. The molecule has 36 heavy (non-hydrogen) atoms. The van der Waals surface area contributed by atoms with E-state index in [0.29, 0.717) is 5.52 Å². The summed E-state index contributed by atoms with van der Waals surface area (Å²) in [4.78, 5) is 4.00. The number of hydrogen-bond donors (Lipinski definition) is 2. The highest BCUT2D eigenvalue weighted by Crippen LogP contribution is 2.50. The summed E-state index contributed by atoms with van der Waals surface area (Å²) in [6.07, 6.45) is -3.33. The highest BCUT2D eigenvalue weighted by Gasteiger charge is 2.65. The molecule has 0 saturated carbocycles. The Morgan fingerprint density at radius 2 is 1.75 bits per heavy atom. The van der Waals surface area contributed by atoms with E-state index in [1.807, 2.05) is 0 Å². The van der Waals surface area contributed by atoms with Gasteiger partial charge in [-0.1, -0.05) is 55.4 Å². The monoisotopic (exact) mass is 534 g/mol. The van der Waals surface area contributed by atoms with Crippen LogP contribution in [0.3, 0.4) is 0 Å². The Morgan fingerprint density at radius 1 is 1.14 bits per heavy atom. The number of nitrogens with zero attached hydrogens (tertiary/aromatic N) is 4. The summed E-state index contributed by atoms with van der Waals surface area (Å²) in [6.45, 7) is 16.7. The maximum Gasteiger partial charge on any atom is 0.335 e. The second-order valence-corrected chi connectivity index (χ2v) is 19.9. The number of nitrogens with two attached hydrogens (primary N) is 1. The first kappa shape index (κ1) is 25.8. The highest BCUT2D eigenvalue weighted by atomic mass is 28.5. The van der Waals surface area contributed by atoms with Gasteiger partial charge in [0.05, 0.1) is 13.7 Å². The van der Waals surface area contributed by atoms with Crippen LogP contribution in [0.4, 0.5) is 5.82 Å². The number of ether oxygens (including phenoxy) is 1. The third-order valence-electron chi connectivity index (χ3n) is 7.62. The molecule has 3 N–H and O–H groups in total. The normalized spacial score (nSPS) is 32.5. The van der Waals surface area contributed by atoms with Crippen LogP contribution in [-0.4, -0.2) is 61.7 Å². The molecule has 198 valence electrons. The van der Waals surface area contributed by atoms with E-state index < -0.39 is 41.0 Å². The topological polar surface area (TPSA) is 137 Å². The minimum Gasteiger partial charge on any atom is -0.414 e. The molecule has 4 heterocycles. The molecule has 2 aliphatic rings. The average molecular weight is 535 g/mol. The lowest BCUT2D eigenvalue weighted by molar-refractivity contribution is -0.0678. The lowest BCUT2D eigenvalue weighted by Crippen LogP contribution is -2.66. The van der Waals surface area contributed by atoms with Crippen molar-refractivity contribution in [1.29, 1.82) is 5.26 Å². The fourth-order valence-corrected chi connectivity index (χ4v) is 16.8. The summed E-state index contributed by atoms with van der Waals surface area (Å²) < 4.78 is 37.7. The van der Waals surface area contributed by atoms with Crippen LogP contribution in [0.2, 0.25) is 22.2 Å². The van der Waals surface area contributed by atoms with E-state index >= 15 is 0 Å². The molecule has 10 nitrogen and oxygen atoms in total. The maximum atomic E-state index is 11.9. The van der Waals surface area contributed by atoms with Gasteiger partial charge >= 0.3 is 17.1 Å². The number of aliphatic hydroxyl groups is 1. The van der Waals surface area contributed by atoms with E-state index in [9.17, 15) is 11.7 Å². The molecule has 0 aliphatic carbocycles. The number of anilines is 1. The van der Waals surface area contributed by atoms with Crippen molar-refractivity contribution in [3.8, 4) is 6.07 Å². The van der Waals surface area contributed by atoms with E-state index in [2.05, 4.69) is 71.5 Å². The summed E-state index contributed by atoms with van der Waals surface area (Å²) in [7, 11) is -6.04. The minimum absolute atomic E-state index is 0.0196. The van der Waals surface area contributed by atoms with Crippen molar-refractivity contribution in [2.24, 2.45) is 0 Å². The van der Waals surface area contributed by atoms with Crippen LogP contribution < -0.4 is 5.73 Å². The molecule has 0 bridgehead atoms. The van der Waals surface area contributed by atoms with Crippen molar-refractivity contribution in [3.05, 3.63) is 24.2 Å². The van der Waals surface area contributed by atoms with Crippen molar-refractivity contribution in [3.63, 3.8) is 0 Å². The molecular weight excluding hydrogens is 494 g/mol. The first-order valence-electron chi connectivity index (χ1n) is 13.1. The Bertz CT molecular complexity index is 1180. The van der Waals surface area contributed by atoms with Crippen LogP contribution in [0.15, 0.2) is 18.5 Å². The van der Waals surface area contributed by atoms with Gasteiger partial charge in [-0.3, -0.25) is 0 Å². The zero-order valence-corrected chi connectivity index (χ0v) is 24.3. The van der Waals surface area contributed by atoms with Crippen molar-refractivity contribution < 1.29 is 24.2 Å². The molecule has 0 amide bonds. The number of hydrogen-bond acceptors (Lipinski definition) is 9. The Morgan fingerprint density at radius 3 is 2.31 bits per heavy atom. The summed E-state index contributed by atoms with van der Waals surface area (Å²) in [5.74, 6) is 0.204. The zero-order valence-electron chi connectivity index (χ0n) is 23.3. The number of aromatic nitrogens is 3. The second-order valence-electron chi connectivity index (χ2n) is 11.0. The molecule has 0 aromatic carbocycles. The average Bonchev–Trinajstić information content (AvgIpc) is 3.31. The van der Waals surface area contributed by atoms with Crippen molar-refractivity contribution in [1.82, 2.24) is 14.6 Å². The van der Waals surface area contributed by atoms with Gasteiger partial charge in [0.25, 0.3) is 0 Å². The van der Waals surface area contributed by atoms with Gasteiger partial charge in [-0.25, -0.2) is 9.50 Å². The number of rotatable bonds is 5. The molecule has 2 saturated heterocycles. The van der Waals surface area contributed by atoms with Gasteiger partial charge < -0.3 is 28.5 Å². The summed E-state index contributed by atoms with van der Waals surface area (Å²) in [5, 5.41) is 26.6. The van der Waals surface area contributed by atoms with E-state index in [0.717, 1.165) is 0 Å². The van der Waals surface area contributed by atoms with E-state index in [1.54, 1.807) is 12.1 Å². The number of nitriles is 1. The van der Waals surface area contributed by atoms with Crippen LogP contribution in [0.5, 0.6) is 0 Å². The predicted molar refractivity (Wildman–Crippen MR) is 139 cm³/mol. The van der Waals surface area contributed by atoms with Crippen LogP contribution in [0.1, 0.15) is 62.5 Å². The van der Waals surface area contributed by atoms with Gasteiger partial charge in [-0.05, 0) is 34.3 Å². The van der Waals surface area contributed by atoms with Crippen LogP contribution in [0.25, 0.3) is 5.52 Å². The Labute approximate surface area is 216 Å². The van der Waals surface area contributed by atoms with Gasteiger partial charge in [0.2, 0.25) is 5.60 Å². The summed E-state index contributed by atoms with van der Waals surface area (Å²) in [5.41, 5.74) is 4.68. The van der Waals surface area contributed by atoms with Gasteiger partial charge in [0, 0.05) is 0 Å². The molecule has 0 unspecified atom stereocenters. The molecule has 2 aromatic rings. The maximum absolute atomic E-state index is 11.9. The second kappa shape index (κ2) is 9.47. The third-order valence-corrected chi connectivity index (χ3v) is 17.8. The number of nitrogen functional groups attached to an aromatic ring is 1. The summed E-state index contributed by atoms with van der Waals surface area (Å²) >= 11 is 0. The highest BCUT2D eigenvalue weighted by molar-refractivity contribution is 6.84. The largest absolute Gasteiger partial charge is 0.414 e. The minimum atomic E-state index is -3.16. The van der Waals surface area contributed by atoms with E-state index in [4.69, 9.17) is 23.4 Å². The van der Waals surface area contributed by atoms with Gasteiger partial charge in [-0.2, -0.15) is 10.4 Å². The van der Waals surface area contributed by atoms with Crippen molar-refractivity contribution in [2.45, 2.75) is 101 Å². The summed E-state index contributed by atoms with van der Waals surface area (Å²) in [6, 6.07) is 5.32. The SMILES string of the molecule is [2H][C@@]1(O)[C@@H]2O[Si](C(C)C)(C(C)C)O[Si](C(C)C)(C(C)C)OC[C@H]2O[C@@]1(C#N)c1ccc2c(N)ncnn12. The lowest BCUT2D eigenvalue weighted by Gasteiger charge is -2.51. The Balaban J connectivity index is 1.92. The molecule has 2 fully saturated rings. The first-order valence-corrected chi connectivity index (χ1v) is 16.6. The standard InChI is InChI=1S/C24H39N5O5Si2/c1-14(2)35(15(3)4)31-11-19-21(33-36(34-35,16(5)6)17(7)8)22(30)24(12-25,32-19)20-10-9-18-23(26)27-13-28-29(18)20/h9-10,13-17,19,21-22,30H,11H2,1-8H3,(H2,26,27,28)/t19-,21-,22-,24+/m1/s1/i22D. The molecule has 0 radical (unpaired) electrons. The molecule has 12 heteroatoms. The van der Waals surface area contributed by atoms with Gasteiger partial charge in [-0.15, -0.1) is 0 Å². The van der Waals surface area contributed by atoms with Crippen LogP contribution in [0, 0.1) is 11.3 Å². The fourth-order valence-electron chi connectivity index (χ4n) is 5.65. The third kappa shape index (κ3) is 3.84. The fraction of sp³-hybridized carbons (Fsp3) is 0.708. The number of fused-ring (bicyclic) bond motifs is 2. The zero-order chi connectivity index (χ0) is 27.6. The molecule has 2 aromatic heterocycles. The Kier molecular flexibility index (Phi) is 6.78. The Hall–Kier alpha value is -1.86. The van der Waals surface area contributed by atoms with Gasteiger partial charge in [0.15, 0.2) is 5.82 Å². The van der Waals surface area contributed by atoms with Crippen LogP contribution >= 0.6 is 0 Å². The lowest BCUT2D eigenvalue weighted by atomic mass is 9.92. The van der Waals surface area contributed by atoms with Crippen molar-refractivity contribution in [2.75, 3.05) is 12.3 Å². The molecule has 0 spiro atoms. The predicted octanol–water partition coefficient (Wildman–Crippen LogP) is 3.75. The first-order chi connectivity index (χ1) is 17.2. The molecule has 4 rings (SSSR count). The smallest absolute Gasteiger partial charge is 0.335 e.